The average Bonchev–Trinajstić information content (AvgIpc) is 3.13. The first kappa shape index (κ1) is 21.3. The molecule has 0 fully saturated rings. The molecule has 156 valence electrons. The molecule has 30 heavy (non-hydrogen) atoms. The number of para-hydroxylation sites is 2. The summed E-state index contributed by atoms with van der Waals surface area (Å²) < 4.78 is 33.0. The molecule has 0 unspecified atom stereocenters. The third-order valence-electron chi connectivity index (χ3n) is 4.10. The summed E-state index contributed by atoms with van der Waals surface area (Å²) in [6.07, 6.45) is 1.55. The second kappa shape index (κ2) is 8.93. The Kier molecular flexibility index (Phi) is 6.33. The minimum absolute atomic E-state index is 0.0710. The number of benzene rings is 2. The number of anilines is 2. The van der Waals surface area contributed by atoms with E-state index in [1.165, 1.54) is 36.6 Å². The Hall–Kier alpha value is -3.44. The zero-order valence-corrected chi connectivity index (χ0v) is 17.7. The van der Waals surface area contributed by atoms with Crippen molar-refractivity contribution in [2.45, 2.75) is 11.8 Å². The number of hydrogen-bond donors (Lipinski definition) is 2. The summed E-state index contributed by atoms with van der Waals surface area (Å²) in [5.74, 6) is 0.326. The average molecular weight is 447 g/mol. The van der Waals surface area contributed by atoms with E-state index in [1.807, 2.05) is 18.4 Å². The molecule has 0 amide bonds. The normalized spacial score (nSPS) is 11.4. The molecule has 1 heterocycles. The van der Waals surface area contributed by atoms with Crippen molar-refractivity contribution in [2.24, 2.45) is 5.10 Å². The lowest BCUT2D eigenvalue weighted by atomic mass is 10.3. The van der Waals surface area contributed by atoms with Gasteiger partial charge in [-0.05, 0) is 48.2 Å². The monoisotopic (exact) mass is 446 g/mol. The number of hydrogen-bond acceptors (Lipinski definition) is 8. The Balaban J connectivity index is 1.87. The van der Waals surface area contributed by atoms with Gasteiger partial charge >= 0.3 is 0 Å². The van der Waals surface area contributed by atoms with Crippen molar-refractivity contribution in [1.82, 2.24) is 0 Å². The van der Waals surface area contributed by atoms with Crippen LogP contribution in [0.1, 0.15) is 10.4 Å². The van der Waals surface area contributed by atoms with Gasteiger partial charge in [0.15, 0.2) is 0 Å². The molecule has 3 aromatic rings. The summed E-state index contributed by atoms with van der Waals surface area (Å²) in [5.41, 5.74) is 3.51. The number of ether oxygens (including phenoxy) is 1. The molecule has 0 atom stereocenters. The molecule has 3 rings (SSSR count). The van der Waals surface area contributed by atoms with Crippen LogP contribution in [0.15, 0.2) is 63.9 Å². The highest BCUT2D eigenvalue weighted by Gasteiger charge is 2.22. The highest BCUT2D eigenvalue weighted by Crippen LogP contribution is 2.30. The highest BCUT2D eigenvalue weighted by molar-refractivity contribution is 7.92. The van der Waals surface area contributed by atoms with Crippen LogP contribution in [0.4, 0.5) is 17.1 Å². The predicted molar refractivity (Wildman–Crippen MR) is 117 cm³/mol. The third kappa shape index (κ3) is 4.75. The lowest BCUT2D eigenvalue weighted by Gasteiger charge is -2.12. The van der Waals surface area contributed by atoms with E-state index in [0.717, 1.165) is 16.5 Å². The molecule has 9 nitrogen and oxygen atoms in total. The SMILES string of the molecule is COc1ccccc1NS(=O)(=O)c1ccc(N/N=C\c2sccc2C)c([N+](=O)[O-])c1. The number of nitrogens with zero attached hydrogens (tertiary/aromatic N) is 2. The fourth-order valence-corrected chi connectivity index (χ4v) is 4.41. The van der Waals surface area contributed by atoms with Crippen LogP contribution in [0.5, 0.6) is 5.75 Å². The van der Waals surface area contributed by atoms with E-state index in [1.54, 1.807) is 24.4 Å². The maximum Gasteiger partial charge on any atom is 0.295 e. The van der Waals surface area contributed by atoms with Gasteiger partial charge in [-0.2, -0.15) is 5.10 Å². The second-order valence-corrected chi connectivity index (χ2v) is 8.71. The van der Waals surface area contributed by atoms with Crippen LogP contribution in [0, 0.1) is 17.0 Å². The number of nitro groups is 1. The molecule has 0 bridgehead atoms. The molecule has 0 saturated heterocycles. The van der Waals surface area contributed by atoms with Gasteiger partial charge in [0.25, 0.3) is 15.7 Å². The van der Waals surface area contributed by atoms with Crippen molar-refractivity contribution < 1.29 is 18.1 Å². The Morgan fingerprint density at radius 1 is 1.17 bits per heavy atom. The van der Waals surface area contributed by atoms with Gasteiger partial charge < -0.3 is 4.74 Å². The minimum Gasteiger partial charge on any atom is -0.495 e. The van der Waals surface area contributed by atoms with Gasteiger partial charge in [-0.15, -0.1) is 11.3 Å². The molecule has 0 spiro atoms. The van der Waals surface area contributed by atoms with Crippen molar-refractivity contribution in [2.75, 3.05) is 17.3 Å². The molecule has 0 aliphatic rings. The largest absolute Gasteiger partial charge is 0.495 e. The van der Waals surface area contributed by atoms with Crippen LogP contribution in [0.25, 0.3) is 0 Å². The van der Waals surface area contributed by atoms with Crippen LogP contribution >= 0.6 is 11.3 Å². The van der Waals surface area contributed by atoms with Gasteiger partial charge in [-0.1, -0.05) is 12.1 Å². The van der Waals surface area contributed by atoms with E-state index < -0.39 is 20.6 Å². The van der Waals surface area contributed by atoms with Crippen molar-refractivity contribution in [3.05, 3.63) is 74.5 Å². The van der Waals surface area contributed by atoms with E-state index in [0.29, 0.717) is 5.75 Å². The second-order valence-electron chi connectivity index (χ2n) is 6.08. The topological polar surface area (TPSA) is 123 Å². The standard InChI is InChI=1S/C19H18N4O5S2/c1-13-9-10-29-19(13)12-20-21-15-8-7-14(11-17(15)23(24)25)30(26,27)22-16-5-3-4-6-18(16)28-2/h3-12,21-22H,1-2H3/b20-12-. The number of sulfonamides is 1. The number of nitrogens with one attached hydrogen (secondary N) is 2. The Bertz CT molecular complexity index is 1210. The molecule has 0 radical (unpaired) electrons. The van der Waals surface area contributed by atoms with Gasteiger partial charge in [0.05, 0.1) is 28.8 Å². The summed E-state index contributed by atoms with van der Waals surface area (Å²) in [6, 6.07) is 11.9. The summed E-state index contributed by atoms with van der Waals surface area (Å²) in [6.45, 7) is 1.93. The summed E-state index contributed by atoms with van der Waals surface area (Å²) in [4.78, 5) is 11.5. The number of aryl methyl sites for hydroxylation is 1. The maximum atomic E-state index is 12.7. The number of thiophene rings is 1. The van der Waals surface area contributed by atoms with E-state index >= 15 is 0 Å². The van der Waals surface area contributed by atoms with E-state index in [2.05, 4.69) is 15.2 Å². The summed E-state index contributed by atoms with van der Waals surface area (Å²) in [7, 11) is -2.67. The first-order valence-electron chi connectivity index (χ1n) is 8.59. The van der Waals surface area contributed by atoms with Gasteiger partial charge in [-0.3, -0.25) is 20.3 Å². The van der Waals surface area contributed by atoms with Gasteiger partial charge in [0.1, 0.15) is 11.4 Å². The number of rotatable bonds is 8. The van der Waals surface area contributed by atoms with E-state index in [9.17, 15) is 18.5 Å². The molecule has 11 heteroatoms. The van der Waals surface area contributed by atoms with Crippen molar-refractivity contribution in [3.8, 4) is 5.75 Å². The maximum absolute atomic E-state index is 12.7. The van der Waals surface area contributed by atoms with Crippen LogP contribution in [-0.2, 0) is 10.0 Å². The van der Waals surface area contributed by atoms with E-state index in [-0.39, 0.29) is 16.3 Å². The predicted octanol–water partition coefficient (Wildman–Crippen LogP) is 4.22. The first-order chi connectivity index (χ1) is 14.3. The lowest BCUT2D eigenvalue weighted by molar-refractivity contribution is -0.384. The van der Waals surface area contributed by atoms with Gasteiger partial charge in [0.2, 0.25) is 0 Å². The zero-order valence-electron chi connectivity index (χ0n) is 16.0. The Morgan fingerprint density at radius 2 is 1.93 bits per heavy atom. The van der Waals surface area contributed by atoms with E-state index in [4.69, 9.17) is 4.74 Å². The van der Waals surface area contributed by atoms with Crippen LogP contribution in [0.3, 0.4) is 0 Å². The summed E-state index contributed by atoms with van der Waals surface area (Å²) in [5, 5.41) is 17.4. The minimum atomic E-state index is -4.08. The fraction of sp³-hybridized carbons (Fsp3) is 0.105. The highest BCUT2D eigenvalue weighted by atomic mass is 32.2. The summed E-state index contributed by atoms with van der Waals surface area (Å²) >= 11 is 1.48. The zero-order chi connectivity index (χ0) is 21.7. The molecule has 0 aliphatic carbocycles. The molecule has 2 N–H and O–H groups in total. The number of methoxy groups -OCH3 is 1. The Labute approximate surface area is 177 Å². The van der Waals surface area contributed by atoms with Crippen molar-refractivity contribution in [3.63, 3.8) is 0 Å². The van der Waals surface area contributed by atoms with Crippen LogP contribution < -0.4 is 14.9 Å². The molecular formula is C19H18N4O5S2. The van der Waals surface area contributed by atoms with Gasteiger partial charge in [0, 0.05) is 10.9 Å². The van der Waals surface area contributed by atoms with Gasteiger partial charge in [-0.25, -0.2) is 8.42 Å². The lowest BCUT2D eigenvalue weighted by Crippen LogP contribution is -2.14. The molecule has 0 aliphatic heterocycles. The Morgan fingerprint density at radius 3 is 2.60 bits per heavy atom. The molecule has 1 aromatic heterocycles. The fourth-order valence-electron chi connectivity index (χ4n) is 2.53. The smallest absolute Gasteiger partial charge is 0.295 e. The van der Waals surface area contributed by atoms with Crippen LogP contribution in [0.2, 0.25) is 0 Å². The van der Waals surface area contributed by atoms with Crippen LogP contribution in [-0.4, -0.2) is 26.7 Å². The van der Waals surface area contributed by atoms with Crippen molar-refractivity contribution in [1.29, 1.82) is 0 Å². The van der Waals surface area contributed by atoms with Crippen molar-refractivity contribution >= 4 is 44.6 Å². The quantitative estimate of drug-likeness (QED) is 0.303. The number of nitro benzene ring substituents is 1. The first-order valence-corrected chi connectivity index (χ1v) is 11.0. The molecule has 0 saturated carbocycles. The molecule has 2 aromatic carbocycles. The third-order valence-corrected chi connectivity index (χ3v) is 6.41. The number of hydrazone groups is 1. The molecular weight excluding hydrogens is 428 g/mol.